The summed E-state index contributed by atoms with van der Waals surface area (Å²) in [6, 6.07) is 7.35. The number of alkyl halides is 3. The second kappa shape index (κ2) is 10.8. The van der Waals surface area contributed by atoms with Gasteiger partial charge in [0.1, 0.15) is 5.82 Å². The number of aromatic nitrogens is 1. The molecule has 2 fully saturated rings. The highest BCUT2D eigenvalue weighted by atomic mass is 35.5. The Hall–Kier alpha value is -2.28. The van der Waals surface area contributed by atoms with Crippen molar-refractivity contribution in [3.05, 3.63) is 57.7 Å². The molecule has 4 rings (SSSR count). The molecule has 2 atom stereocenters. The van der Waals surface area contributed by atoms with Crippen molar-refractivity contribution in [2.75, 3.05) is 57.4 Å². The van der Waals surface area contributed by atoms with Crippen LogP contribution in [0, 0.1) is 5.92 Å². The van der Waals surface area contributed by atoms with Crippen LogP contribution < -0.4 is 5.32 Å². The Bertz CT molecular complexity index is 1240. The summed E-state index contributed by atoms with van der Waals surface area (Å²) in [6.07, 6.45) is -2.54. The van der Waals surface area contributed by atoms with Crippen LogP contribution in [0.4, 0.5) is 23.8 Å². The number of amides is 2. The number of benzene rings is 1. The van der Waals surface area contributed by atoms with Crippen LogP contribution in [0.1, 0.15) is 17.0 Å². The van der Waals surface area contributed by atoms with E-state index >= 15 is 0 Å². The third-order valence-electron chi connectivity index (χ3n) is 6.70. The first-order chi connectivity index (χ1) is 17.3. The first kappa shape index (κ1) is 27.7. The first-order valence-electron chi connectivity index (χ1n) is 11.5. The number of hydrogen-bond acceptors (Lipinski definition) is 5. The zero-order chi connectivity index (χ0) is 27.0. The van der Waals surface area contributed by atoms with Gasteiger partial charge in [-0.2, -0.15) is 17.5 Å². The summed E-state index contributed by atoms with van der Waals surface area (Å²) in [5.41, 5.74) is 0.0547. The van der Waals surface area contributed by atoms with Crippen molar-refractivity contribution < 1.29 is 26.4 Å². The summed E-state index contributed by atoms with van der Waals surface area (Å²) in [5.74, 6) is 0.0862. The average Bonchev–Trinajstić information content (AvgIpc) is 3.27. The minimum atomic E-state index is -4.47. The molecule has 2 amide bonds. The van der Waals surface area contributed by atoms with Crippen LogP contribution >= 0.6 is 23.2 Å². The maximum atomic E-state index is 13.3. The van der Waals surface area contributed by atoms with Crippen LogP contribution in [0.3, 0.4) is 0 Å². The number of pyridine rings is 1. The second-order valence-corrected chi connectivity index (χ2v) is 12.0. The molecule has 1 aromatic heterocycles. The smallest absolute Gasteiger partial charge is 0.370 e. The standard InChI is InChI=1S/C23H26Cl2F3N5O3S/c1-37(35,36)33-8-6-31(7-9-33)22(34)32-13-16(18(14-32)15-2-4-19(24)20(25)10-15)11-29-21-5-3-17(12-30-21)23(26,27)28/h2-5,10,12,16,18H,6-9,11,13-14H2,1H3,(H,29,30)/t16-,18-/m0/s1. The van der Waals surface area contributed by atoms with E-state index in [1.54, 1.807) is 21.9 Å². The monoisotopic (exact) mass is 579 g/mol. The molecular formula is C23H26Cl2F3N5O3S. The number of piperazine rings is 1. The minimum absolute atomic E-state index is 0.0948. The molecule has 0 bridgehead atoms. The van der Waals surface area contributed by atoms with Gasteiger partial charge in [-0.15, -0.1) is 0 Å². The number of carbonyl (C=O) groups excluding carboxylic acids is 1. The highest BCUT2D eigenvalue weighted by Crippen LogP contribution is 2.36. The number of hydrogen-bond donors (Lipinski definition) is 1. The lowest BCUT2D eigenvalue weighted by Gasteiger charge is -2.35. The van der Waals surface area contributed by atoms with Gasteiger partial charge in [-0.25, -0.2) is 18.2 Å². The number of rotatable bonds is 5. The van der Waals surface area contributed by atoms with Gasteiger partial charge in [0, 0.05) is 63.8 Å². The number of nitrogens with zero attached hydrogens (tertiary/aromatic N) is 4. The normalized spacial score (nSPS) is 21.4. The summed E-state index contributed by atoms with van der Waals surface area (Å²) in [7, 11) is -3.32. The molecule has 0 unspecified atom stereocenters. The van der Waals surface area contributed by atoms with Crippen molar-refractivity contribution in [1.29, 1.82) is 0 Å². The molecule has 2 saturated heterocycles. The van der Waals surface area contributed by atoms with Crippen LogP contribution in [0.25, 0.3) is 0 Å². The van der Waals surface area contributed by atoms with Gasteiger partial charge in [-0.05, 0) is 29.8 Å². The zero-order valence-corrected chi connectivity index (χ0v) is 22.2. The van der Waals surface area contributed by atoms with Crippen LogP contribution in [-0.4, -0.2) is 85.6 Å². The second-order valence-electron chi connectivity index (χ2n) is 9.19. The first-order valence-corrected chi connectivity index (χ1v) is 14.1. The molecule has 1 N–H and O–H groups in total. The van der Waals surface area contributed by atoms with E-state index in [0.29, 0.717) is 35.5 Å². The lowest BCUT2D eigenvalue weighted by molar-refractivity contribution is -0.137. The Kier molecular flexibility index (Phi) is 8.13. The van der Waals surface area contributed by atoms with Crippen molar-refractivity contribution in [1.82, 2.24) is 19.1 Å². The van der Waals surface area contributed by atoms with E-state index in [2.05, 4.69) is 10.3 Å². The quantitative estimate of drug-likeness (QED) is 0.573. The summed E-state index contributed by atoms with van der Waals surface area (Å²) in [6.45, 7) is 2.20. The Morgan fingerprint density at radius 1 is 1.05 bits per heavy atom. The van der Waals surface area contributed by atoms with Gasteiger partial charge in [0.2, 0.25) is 10.0 Å². The molecule has 14 heteroatoms. The number of urea groups is 1. The van der Waals surface area contributed by atoms with E-state index in [1.165, 1.54) is 10.4 Å². The Morgan fingerprint density at radius 2 is 1.76 bits per heavy atom. The van der Waals surface area contributed by atoms with E-state index in [-0.39, 0.29) is 44.0 Å². The summed E-state index contributed by atoms with van der Waals surface area (Å²) in [5, 5.41) is 3.88. The van der Waals surface area contributed by atoms with Gasteiger partial charge in [0.15, 0.2) is 0 Å². The van der Waals surface area contributed by atoms with Gasteiger partial charge < -0.3 is 15.1 Å². The number of anilines is 1. The molecule has 0 saturated carbocycles. The number of halogens is 5. The van der Waals surface area contributed by atoms with Crippen molar-refractivity contribution in [2.24, 2.45) is 5.92 Å². The van der Waals surface area contributed by atoms with Crippen LogP contribution in [0.15, 0.2) is 36.5 Å². The molecule has 0 spiro atoms. The van der Waals surface area contributed by atoms with E-state index in [0.717, 1.165) is 24.1 Å². The van der Waals surface area contributed by atoms with Crippen molar-refractivity contribution in [3.8, 4) is 0 Å². The fraction of sp³-hybridized carbons (Fsp3) is 0.478. The number of nitrogens with one attached hydrogen (secondary N) is 1. The van der Waals surface area contributed by atoms with Crippen molar-refractivity contribution >= 4 is 45.1 Å². The third-order valence-corrected chi connectivity index (χ3v) is 8.74. The largest absolute Gasteiger partial charge is 0.417 e. The average molecular weight is 580 g/mol. The lowest BCUT2D eigenvalue weighted by Crippen LogP contribution is -2.53. The summed E-state index contributed by atoms with van der Waals surface area (Å²) >= 11 is 12.3. The van der Waals surface area contributed by atoms with Crippen molar-refractivity contribution in [3.63, 3.8) is 0 Å². The molecule has 0 radical (unpaired) electrons. The van der Waals surface area contributed by atoms with Crippen LogP contribution in [-0.2, 0) is 16.2 Å². The number of likely N-dealkylation sites (tertiary alicyclic amines) is 1. The Labute approximate surface area is 223 Å². The molecule has 2 aromatic rings. The van der Waals surface area contributed by atoms with Gasteiger partial charge in [-0.3, -0.25) is 0 Å². The van der Waals surface area contributed by atoms with E-state index in [4.69, 9.17) is 23.2 Å². The number of carbonyl (C=O) groups is 1. The van der Waals surface area contributed by atoms with Gasteiger partial charge >= 0.3 is 12.2 Å². The Balaban J connectivity index is 1.47. The predicted molar refractivity (Wildman–Crippen MR) is 135 cm³/mol. The fourth-order valence-electron chi connectivity index (χ4n) is 4.67. The maximum Gasteiger partial charge on any atom is 0.417 e. The van der Waals surface area contributed by atoms with Crippen molar-refractivity contribution in [2.45, 2.75) is 12.1 Å². The van der Waals surface area contributed by atoms with E-state index in [1.807, 2.05) is 6.07 Å². The maximum absolute atomic E-state index is 13.3. The molecular weight excluding hydrogens is 554 g/mol. The molecule has 202 valence electrons. The van der Waals surface area contributed by atoms with Crippen LogP contribution in [0.2, 0.25) is 10.0 Å². The van der Waals surface area contributed by atoms with Gasteiger partial charge in [-0.1, -0.05) is 29.3 Å². The predicted octanol–water partition coefficient (Wildman–Crippen LogP) is 4.23. The van der Waals surface area contributed by atoms with E-state index < -0.39 is 21.8 Å². The summed E-state index contributed by atoms with van der Waals surface area (Å²) < 4.78 is 63.5. The molecule has 1 aromatic carbocycles. The van der Waals surface area contributed by atoms with Crippen LogP contribution in [0.5, 0.6) is 0 Å². The third kappa shape index (κ3) is 6.60. The molecule has 37 heavy (non-hydrogen) atoms. The summed E-state index contributed by atoms with van der Waals surface area (Å²) in [4.78, 5) is 20.5. The Morgan fingerprint density at radius 3 is 2.32 bits per heavy atom. The highest BCUT2D eigenvalue weighted by molar-refractivity contribution is 7.88. The lowest BCUT2D eigenvalue weighted by atomic mass is 9.89. The van der Waals surface area contributed by atoms with Gasteiger partial charge in [0.05, 0.1) is 21.9 Å². The number of sulfonamides is 1. The molecule has 2 aliphatic rings. The molecule has 3 heterocycles. The molecule has 8 nitrogen and oxygen atoms in total. The zero-order valence-electron chi connectivity index (χ0n) is 19.9. The highest BCUT2D eigenvalue weighted by Gasteiger charge is 2.39. The van der Waals surface area contributed by atoms with E-state index in [9.17, 15) is 26.4 Å². The SMILES string of the molecule is CS(=O)(=O)N1CCN(C(=O)N2C[C@H](CNc3ccc(C(F)(F)F)cn3)[C@H](c3ccc(Cl)c(Cl)c3)C2)CC1. The topological polar surface area (TPSA) is 85.9 Å². The van der Waals surface area contributed by atoms with Gasteiger partial charge in [0.25, 0.3) is 0 Å². The fourth-order valence-corrected chi connectivity index (χ4v) is 5.80. The molecule has 2 aliphatic heterocycles. The minimum Gasteiger partial charge on any atom is -0.370 e. The molecule has 0 aliphatic carbocycles.